The fourth-order valence-corrected chi connectivity index (χ4v) is 3.87. The summed E-state index contributed by atoms with van der Waals surface area (Å²) in [6.07, 6.45) is 2.81. The molecule has 0 unspecified atom stereocenters. The molecule has 7 heteroatoms. The van der Waals surface area contributed by atoms with E-state index in [0.29, 0.717) is 36.0 Å². The molecule has 0 bridgehead atoms. The van der Waals surface area contributed by atoms with Crippen molar-refractivity contribution in [3.8, 4) is 5.75 Å². The lowest BCUT2D eigenvalue weighted by Crippen LogP contribution is -2.39. The number of aromatic amines is 1. The van der Waals surface area contributed by atoms with Gasteiger partial charge in [-0.1, -0.05) is 23.7 Å². The summed E-state index contributed by atoms with van der Waals surface area (Å²) in [4.78, 5) is 29.9. The highest BCUT2D eigenvalue weighted by Crippen LogP contribution is 2.32. The van der Waals surface area contributed by atoms with Crippen molar-refractivity contribution in [1.82, 2.24) is 10.3 Å². The zero-order valence-electron chi connectivity index (χ0n) is 16.1. The van der Waals surface area contributed by atoms with Gasteiger partial charge in [0.15, 0.2) is 0 Å². The second-order valence-electron chi connectivity index (χ2n) is 6.93. The molecule has 1 atom stereocenters. The standard InChI is InChI=1S/C22H22ClN3O3/c1-2-29-20-6-4-3-5-19(20)26-21(27)12-18(22(26)28)24-10-9-14-13-25-17-8-7-15(23)11-16(14)17/h3-8,11,13,18,24-25H,2,9-10,12H2,1H3/t18-/m1/s1. The van der Waals surface area contributed by atoms with Crippen molar-refractivity contribution in [3.63, 3.8) is 0 Å². The first kappa shape index (κ1) is 19.5. The van der Waals surface area contributed by atoms with E-state index in [-0.39, 0.29) is 18.2 Å². The average Bonchev–Trinajstić information content (AvgIpc) is 3.23. The lowest BCUT2D eigenvalue weighted by molar-refractivity contribution is -0.121. The Morgan fingerprint density at radius 2 is 2.07 bits per heavy atom. The SMILES string of the molecule is CCOc1ccccc1N1C(=O)C[C@@H](NCCc2c[nH]c3ccc(Cl)cc23)C1=O. The Morgan fingerprint density at radius 3 is 2.90 bits per heavy atom. The summed E-state index contributed by atoms with van der Waals surface area (Å²) in [6.45, 7) is 2.90. The molecule has 0 aliphatic carbocycles. The maximum atomic E-state index is 12.9. The minimum absolute atomic E-state index is 0.138. The molecule has 0 radical (unpaired) electrons. The van der Waals surface area contributed by atoms with Crippen molar-refractivity contribution in [3.05, 3.63) is 59.2 Å². The summed E-state index contributed by atoms with van der Waals surface area (Å²) in [6, 6.07) is 12.3. The molecule has 1 aliphatic heterocycles. The molecule has 1 aliphatic rings. The number of hydrogen-bond donors (Lipinski definition) is 2. The van der Waals surface area contributed by atoms with E-state index in [1.54, 1.807) is 18.2 Å². The number of rotatable bonds is 7. The highest BCUT2D eigenvalue weighted by molar-refractivity contribution is 6.31. The predicted octanol–water partition coefficient (Wildman–Crippen LogP) is 3.68. The quantitative estimate of drug-likeness (QED) is 0.581. The molecule has 4 rings (SSSR count). The van der Waals surface area contributed by atoms with Gasteiger partial charge in [0.2, 0.25) is 5.91 Å². The monoisotopic (exact) mass is 411 g/mol. The lowest BCUT2D eigenvalue weighted by atomic mass is 10.1. The van der Waals surface area contributed by atoms with Gasteiger partial charge in [-0.2, -0.15) is 0 Å². The van der Waals surface area contributed by atoms with Crippen LogP contribution in [0.5, 0.6) is 5.75 Å². The van der Waals surface area contributed by atoms with Crippen LogP contribution in [0.3, 0.4) is 0 Å². The fraction of sp³-hybridized carbons (Fsp3) is 0.273. The first-order valence-electron chi connectivity index (χ1n) is 9.66. The number of amides is 2. The van der Waals surface area contributed by atoms with E-state index in [0.717, 1.165) is 16.5 Å². The number of para-hydroxylation sites is 2. The molecule has 1 aromatic heterocycles. The van der Waals surface area contributed by atoms with Crippen LogP contribution in [0.15, 0.2) is 48.7 Å². The smallest absolute Gasteiger partial charge is 0.251 e. The third kappa shape index (κ3) is 3.86. The van der Waals surface area contributed by atoms with E-state index in [1.165, 1.54) is 4.90 Å². The number of H-pyrrole nitrogens is 1. The van der Waals surface area contributed by atoms with Gasteiger partial charge in [-0.15, -0.1) is 0 Å². The second-order valence-corrected chi connectivity index (χ2v) is 7.37. The number of benzene rings is 2. The summed E-state index contributed by atoms with van der Waals surface area (Å²) in [5.74, 6) is 0.0654. The first-order chi connectivity index (χ1) is 14.1. The number of carbonyl (C=O) groups excluding carboxylic acids is 2. The number of nitrogens with zero attached hydrogens (tertiary/aromatic N) is 1. The van der Waals surface area contributed by atoms with Gasteiger partial charge in [-0.3, -0.25) is 9.59 Å². The topological polar surface area (TPSA) is 74.4 Å². The van der Waals surface area contributed by atoms with E-state index in [1.807, 2.05) is 37.4 Å². The van der Waals surface area contributed by atoms with E-state index < -0.39 is 6.04 Å². The Morgan fingerprint density at radius 1 is 1.24 bits per heavy atom. The normalized spacial score (nSPS) is 16.8. The molecule has 150 valence electrons. The highest BCUT2D eigenvalue weighted by Gasteiger charge is 2.40. The van der Waals surface area contributed by atoms with Gasteiger partial charge in [0.1, 0.15) is 5.75 Å². The van der Waals surface area contributed by atoms with Gasteiger partial charge in [0.05, 0.1) is 24.8 Å². The van der Waals surface area contributed by atoms with E-state index in [4.69, 9.17) is 16.3 Å². The molecule has 2 N–H and O–H groups in total. The summed E-state index contributed by atoms with van der Waals surface area (Å²) < 4.78 is 5.58. The average molecular weight is 412 g/mol. The Kier molecular flexibility index (Phi) is 5.56. The lowest BCUT2D eigenvalue weighted by Gasteiger charge is -2.18. The van der Waals surface area contributed by atoms with E-state index >= 15 is 0 Å². The van der Waals surface area contributed by atoms with Gasteiger partial charge in [0, 0.05) is 28.7 Å². The molecule has 6 nitrogen and oxygen atoms in total. The molecule has 2 amide bonds. The third-order valence-corrected chi connectivity index (χ3v) is 5.30. The zero-order chi connectivity index (χ0) is 20.4. The highest BCUT2D eigenvalue weighted by atomic mass is 35.5. The largest absolute Gasteiger partial charge is 0.492 e. The predicted molar refractivity (Wildman–Crippen MR) is 114 cm³/mol. The van der Waals surface area contributed by atoms with Crippen LogP contribution in [0.1, 0.15) is 18.9 Å². The molecule has 1 fully saturated rings. The van der Waals surface area contributed by atoms with Crippen LogP contribution in [0.25, 0.3) is 10.9 Å². The van der Waals surface area contributed by atoms with Gasteiger partial charge in [0.25, 0.3) is 5.91 Å². The molecular weight excluding hydrogens is 390 g/mol. The molecular formula is C22H22ClN3O3. The van der Waals surface area contributed by atoms with Crippen molar-refractivity contribution in [2.24, 2.45) is 0 Å². The number of halogens is 1. The molecule has 0 saturated carbocycles. The third-order valence-electron chi connectivity index (χ3n) is 5.07. The molecule has 29 heavy (non-hydrogen) atoms. The molecule has 0 spiro atoms. The first-order valence-corrected chi connectivity index (χ1v) is 10.0. The number of carbonyl (C=O) groups is 2. The number of hydrogen-bond acceptors (Lipinski definition) is 4. The summed E-state index contributed by atoms with van der Waals surface area (Å²) >= 11 is 6.10. The fourth-order valence-electron chi connectivity index (χ4n) is 3.70. The summed E-state index contributed by atoms with van der Waals surface area (Å²) in [5.41, 5.74) is 2.64. The maximum absolute atomic E-state index is 12.9. The Hall–Kier alpha value is -2.83. The van der Waals surface area contributed by atoms with Crippen LogP contribution < -0.4 is 15.0 Å². The molecule has 1 saturated heterocycles. The van der Waals surface area contributed by atoms with Gasteiger partial charge in [-0.25, -0.2) is 4.90 Å². The minimum atomic E-state index is -0.536. The van der Waals surface area contributed by atoms with Crippen LogP contribution in [0, 0.1) is 0 Å². The molecule has 2 heterocycles. The molecule has 3 aromatic rings. The summed E-state index contributed by atoms with van der Waals surface area (Å²) in [5, 5.41) is 4.99. The van der Waals surface area contributed by atoms with Crippen molar-refractivity contribution >= 4 is 40.0 Å². The number of ether oxygens (including phenoxy) is 1. The Balaban J connectivity index is 1.43. The van der Waals surface area contributed by atoms with Gasteiger partial charge in [-0.05, 0) is 49.2 Å². The van der Waals surface area contributed by atoms with Crippen LogP contribution >= 0.6 is 11.6 Å². The van der Waals surface area contributed by atoms with Crippen LogP contribution in [-0.2, 0) is 16.0 Å². The van der Waals surface area contributed by atoms with Gasteiger partial charge < -0.3 is 15.0 Å². The number of aromatic nitrogens is 1. The number of anilines is 1. The van der Waals surface area contributed by atoms with Gasteiger partial charge >= 0.3 is 0 Å². The number of imide groups is 1. The minimum Gasteiger partial charge on any atom is -0.492 e. The van der Waals surface area contributed by atoms with E-state index in [9.17, 15) is 9.59 Å². The second kappa shape index (κ2) is 8.27. The van der Waals surface area contributed by atoms with Crippen molar-refractivity contribution in [1.29, 1.82) is 0 Å². The van der Waals surface area contributed by atoms with Crippen molar-refractivity contribution in [2.45, 2.75) is 25.8 Å². The number of nitrogens with one attached hydrogen (secondary N) is 2. The van der Waals surface area contributed by atoms with Crippen LogP contribution in [0.4, 0.5) is 5.69 Å². The van der Waals surface area contributed by atoms with Crippen molar-refractivity contribution in [2.75, 3.05) is 18.1 Å². The van der Waals surface area contributed by atoms with Crippen LogP contribution in [-0.4, -0.2) is 36.0 Å². The summed E-state index contributed by atoms with van der Waals surface area (Å²) in [7, 11) is 0. The Bertz CT molecular complexity index is 1060. The van der Waals surface area contributed by atoms with E-state index in [2.05, 4.69) is 10.3 Å². The van der Waals surface area contributed by atoms with Crippen LogP contribution in [0.2, 0.25) is 5.02 Å². The molecule has 2 aromatic carbocycles. The number of fused-ring (bicyclic) bond motifs is 1. The maximum Gasteiger partial charge on any atom is 0.251 e. The Labute approximate surface area is 173 Å². The zero-order valence-corrected chi connectivity index (χ0v) is 16.8. The van der Waals surface area contributed by atoms with Crippen molar-refractivity contribution < 1.29 is 14.3 Å².